The zero-order valence-corrected chi connectivity index (χ0v) is 12.4. The summed E-state index contributed by atoms with van der Waals surface area (Å²) in [7, 11) is 0. The first kappa shape index (κ1) is 14.1. The number of hydrogen-bond donors (Lipinski definition) is 1. The summed E-state index contributed by atoms with van der Waals surface area (Å²) in [6, 6.07) is 21.3. The minimum absolute atomic E-state index is 0.483. The van der Waals surface area contributed by atoms with Crippen LogP contribution in [0.2, 0.25) is 0 Å². The van der Waals surface area contributed by atoms with Gasteiger partial charge in [-0.15, -0.1) is 0 Å². The van der Waals surface area contributed by atoms with E-state index in [0.717, 1.165) is 22.9 Å². The van der Waals surface area contributed by atoms with Gasteiger partial charge >= 0.3 is 6.09 Å². The van der Waals surface area contributed by atoms with Gasteiger partial charge < -0.3 is 4.74 Å². The van der Waals surface area contributed by atoms with Crippen LogP contribution < -0.4 is 10.1 Å². The van der Waals surface area contributed by atoms with E-state index in [2.05, 4.69) is 12.2 Å². The largest absolute Gasteiger partial charge is 0.417 e. The summed E-state index contributed by atoms with van der Waals surface area (Å²) < 4.78 is 5.35. The Labute approximate surface area is 129 Å². The van der Waals surface area contributed by atoms with Crippen molar-refractivity contribution in [2.24, 2.45) is 0 Å². The number of hydrogen-bond acceptors (Lipinski definition) is 2. The molecule has 0 bridgehead atoms. The number of anilines is 1. The van der Waals surface area contributed by atoms with Crippen molar-refractivity contribution >= 4 is 22.6 Å². The number of aryl methyl sites for hydroxylation is 1. The SMILES string of the molecule is CCc1cccc(NC(=O)Oc2ccc3ccccc3c2)c1. The van der Waals surface area contributed by atoms with E-state index in [1.807, 2.05) is 60.7 Å². The Kier molecular flexibility index (Phi) is 4.05. The maximum Gasteiger partial charge on any atom is 0.417 e. The van der Waals surface area contributed by atoms with Gasteiger partial charge in [-0.05, 0) is 47.0 Å². The molecular formula is C19H17NO2. The van der Waals surface area contributed by atoms with Gasteiger partial charge in [0.15, 0.2) is 0 Å². The highest BCUT2D eigenvalue weighted by Gasteiger charge is 2.06. The molecule has 3 heteroatoms. The van der Waals surface area contributed by atoms with Crippen LogP contribution >= 0.6 is 0 Å². The van der Waals surface area contributed by atoms with Gasteiger partial charge in [-0.3, -0.25) is 5.32 Å². The summed E-state index contributed by atoms with van der Waals surface area (Å²) in [5.74, 6) is 0.530. The van der Waals surface area contributed by atoms with Gasteiger partial charge in [0.05, 0.1) is 0 Å². The third kappa shape index (κ3) is 3.26. The number of carbonyl (C=O) groups excluding carboxylic acids is 1. The number of rotatable bonds is 3. The Morgan fingerprint density at radius 2 is 1.77 bits per heavy atom. The van der Waals surface area contributed by atoms with Gasteiger partial charge in [-0.2, -0.15) is 0 Å². The van der Waals surface area contributed by atoms with Gasteiger partial charge in [-0.25, -0.2) is 4.79 Å². The van der Waals surface area contributed by atoms with Gasteiger partial charge in [-0.1, -0.05) is 49.4 Å². The highest BCUT2D eigenvalue weighted by atomic mass is 16.6. The van der Waals surface area contributed by atoms with Crippen molar-refractivity contribution in [2.45, 2.75) is 13.3 Å². The van der Waals surface area contributed by atoms with E-state index < -0.39 is 6.09 Å². The molecule has 0 saturated heterocycles. The second-order valence-corrected chi connectivity index (χ2v) is 5.08. The summed E-state index contributed by atoms with van der Waals surface area (Å²) in [5.41, 5.74) is 1.91. The van der Waals surface area contributed by atoms with E-state index in [0.29, 0.717) is 5.75 Å². The van der Waals surface area contributed by atoms with E-state index in [9.17, 15) is 4.79 Å². The first-order valence-corrected chi connectivity index (χ1v) is 7.31. The highest BCUT2D eigenvalue weighted by molar-refractivity contribution is 5.88. The Hall–Kier alpha value is -2.81. The molecule has 3 aromatic carbocycles. The summed E-state index contributed by atoms with van der Waals surface area (Å²) in [5, 5.41) is 4.91. The Morgan fingerprint density at radius 1 is 0.955 bits per heavy atom. The molecule has 1 amide bonds. The predicted molar refractivity (Wildman–Crippen MR) is 89.4 cm³/mol. The molecule has 0 aliphatic carbocycles. The van der Waals surface area contributed by atoms with Crippen LogP contribution in [0.25, 0.3) is 10.8 Å². The third-order valence-corrected chi connectivity index (χ3v) is 3.51. The molecule has 0 heterocycles. The quantitative estimate of drug-likeness (QED) is 0.736. The predicted octanol–water partition coefficient (Wildman–Crippen LogP) is 5.01. The summed E-state index contributed by atoms with van der Waals surface area (Å²) in [6.07, 6.45) is 0.443. The van der Waals surface area contributed by atoms with Crippen molar-refractivity contribution in [1.82, 2.24) is 0 Å². The fourth-order valence-electron chi connectivity index (χ4n) is 2.35. The fourth-order valence-corrected chi connectivity index (χ4v) is 2.35. The van der Waals surface area contributed by atoms with E-state index in [1.54, 1.807) is 6.07 Å². The van der Waals surface area contributed by atoms with Crippen LogP contribution in [0, 0.1) is 0 Å². The number of carbonyl (C=O) groups is 1. The number of amides is 1. The maximum absolute atomic E-state index is 12.0. The van der Waals surface area contributed by atoms with Crippen molar-refractivity contribution < 1.29 is 9.53 Å². The van der Waals surface area contributed by atoms with Crippen molar-refractivity contribution in [3.05, 3.63) is 72.3 Å². The molecule has 22 heavy (non-hydrogen) atoms. The molecule has 0 aromatic heterocycles. The van der Waals surface area contributed by atoms with Crippen molar-refractivity contribution in [3.8, 4) is 5.75 Å². The summed E-state index contributed by atoms with van der Waals surface area (Å²) >= 11 is 0. The maximum atomic E-state index is 12.0. The zero-order chi connectivity index (χ0) is 15.4. The first-order valence-electron chi connectivity index (χ1n) is 7.31. The van der Waals surface area contributed by atoms with Crippen LogP contribution in [0.1, 0.15) is 12.5 Å². The number of nitrogens with one attached hydrogen (secondary N) is 1. The summed E-state index contributed by atoms with van der Waals surface area (Å²) in [4.78, 5) is 12.0. The molecule has 0 unspecified atom stereocenters. The zero-order valence-electron chi connectivity index (χ0n) is 12.4. The summed E-state index contributed by atoms with van der Waals surface area (Å²) in [6.45, 7) is 2.08. The molecule has 0 aliphatic rings. The lowest BCUT2D eigenvalue weighted by atomic mass is 10.1. The average Bonchev–Trinajstić information content (AvgIpc) is 2.55. The van der Waals surface area contributed by atoms with Gasteiger partial charge in [0.25, 0.3) is 0 Å². The molecule has 0 aliphatic heterocycles. The molecule has 110 valence electrons. The lowest BCUT2D eigenvalue weighted by Gasteiger charge is -2.08. The lowest BCUT2D eigenvalue weighted by Crippen LogP contribution is -2.16. The van der Waals surface area contributed by atoms with Crippen LogP contribution in [0.15, 0.2) is 66.7 Å². The van der Waals surface area contributed by atoms with Gasteiger partial charge in [0.1, 0.15) is 5.75 Å². The van der Waals surface area contributed by atoms with E-state index in [1.165, 1.54) is 5.56 Å². The molecule has 0 spiro atoms. The Morgan fingerprint density at radius 3 is 2.59 bits per heavy atom. The van der Waals surface area contributed by atoms with Crippen molar-refractivity contribution in [1.29, 1.82) is 0 Å². The second kappa shape index (κ2) is 6.31. The smallest absolute Gasteiger partial charge is 0.410 e. The van der Waals surface area contributed by atoms with Crippen LogP contribution in [-0.4, -0.2) is 6.09 Å². The monoisotopic (exact) mass is 291 g/mol. The molecule has 0 fully saturated rings. The van der Waals surface area contributed by atoms with Crippen molar-refractivity contribution in [2.75, 3.05) is 5.32 Å². The van der Waals surface area contributed by atoms with Crippen LogP contribution in [0.3, 0.4) is 0 Å². The molecule has 0 saturated carbocycles. The minimum Gasteiger partial charge on any atom is -0.410 e. The van der Waals surface area contributed by atoms with Gasteiger partial charge in [0.2, 0.25) is 0 Å². The highest BCUT2D eigenvalue weighted by Crippen LogP contribution is 2.21. The van der Waals surface area contributed by atoms with E-state index in [-0.39, 0.29) is 0 Å². The average molecular weight is 291 g/mol. The Bertz CT molecular complexity index is 811. The van der Waals surface area contributed by atoms with Crippen LogP contribution in [0.5, 0.6) is 5.75 Å². The number of fused-ring (bicyclic) bond motifs is 1. The molecule has 0 atom stereocenters. The standard InChI is InChI=1S/C19H17NO2/c1-2-14-6-5-9-17(12-14)20-19(21)22-18-11-10-15-7-3-4-8-16(15)13-18/h3-13H,2H2,1H3,(H,20,21). The number of ether oxygens (including phenoxy) is 1. The Balaban J connectivity index is 1.72. The van der Waals surface area contributed by atoms with Crippen LogP contribution in [-0.2, 0) is 6.42 Å². The molecule has 0 radical (unpaired) electrons. The van der Waals surface area contributed by atoms with Gasteiger partial charge in [0, 0.05) is 5.69 Å². The topological polar surface area (TPSA) is 38.3 Å². The van der Waals surface area contributed by atoms with E-state index in [4.69, 9.17) is 4.74 Å². The minimum atomic E-state index is -0.483. The van der Waals surface area contributed by atoms with Crippen molar-refractivity contribution in [3.63, 3.8) is 0 Å². The molecule has 3 aromatic rings. The normalized spacial score (nSPS) is 10.4. The second-order valence-electron chi connectivity index (χ2n) is 5.08. The third-order valence-electron chi connectivity index (χ3n) is 3.51. The van der Waals surface area contributed by atoms with Crippen LogP contribution in [0.4, 0.5) is 10.5 Å². The number of benzene rings is 3. The first-order chi connectivity index (χ1) is 10.7. The molecule has 3 nitrogen and oxygen atoms in total. The molecule has 3 rings (SSSR count). The molecular weight excluding hydrogens is 274 g/mol. The lowest BCUT2D eigenvalue weighted by molar-refractivity contribution is 0.215. The van der Waals surface area contributed by atoms with E-state index >= 15 is 0 Å². The fraction of sp³-hybridized carbons (Fsp3) is 0.105. The molecule has 1 N–H and O–H groups in total.